The van der Waals surface area contributed by atoms with Gasteiger partial charge in [0.2, 0.25) is 0 Å². The lowest BCUT2D eigenvalue weighted by molar-refractivity contribution is 0.0954. The van der Waals surface area contributed by atoms with Crippen molar-refractivity contribution in [1.29, 1.82) is 0 Å². The fourth-order valence-electron chi connectivity index (χ4n) is 1.63. The van der Waals surface area contributed by atoms with E-state index in [9.17, 15) is 9.18 Å². The van der Waals surface area contributed by atoms with Crippen molar-refractivity contribution < 1.29 is 14.3 Å². The van der Waals surface area contributed by atoms with Crippen LogP contribution >= 0.6 is 22.9 Å². The number of benzene rings is 1. The zero-order valence-corrected chi connectivity index (χ0v) is 12.4. The summed E-state index contributed by atoms with van der Waals surface area (Å²) in [4.78, 5) is 12.3. The van der Waals surface area contributed by atoms with Crippen LogP contribution in [-0.2, 0) is 6.54 Å². The maximum absolute atomic E-state index is 13.7. The molecule has 108 valence electrons. The van der Waals surface area contributed by atoms with Gasteiger partial charge in [-0.05, 0) is 30.3 Å². The highest BCUT2D eigenvalue weighted by Gasteiger charge is 2.10. The zero-order valence-electron chi connectivity index (χ0n) is 10.8. The largest absolute Gasteiger partial charge is 0.384 e. The Morgan fingerprint density at radius 1 is 1.38 bits per heavy atom. The molecule has 0 spiro atoms. The molecule has 6 heteroatoms. The van der Waals surface area contributed by atoms with Crippen LogP contribution in [0.15, 0.2) is 30.3 Å². The third kappa shape index (κ3) is 4.30. The molecule has 0 atom stereocenters. The molecule has 0 saturated heterocycles. The minimum atomic E-state index is -0.422. The van der Waals surface area contributed by atoms with Gasteiger partial charge < -0.3 is 10.4 Å². The summed E-state index contributed by atoms with van der Waals surface area (Å²) in [7, 11) is 0. The molecular weight excluding hydrogens is 313 g/mol. The van der Waals surface area contributed by atoms with Crippen LogP contribution in [-0.4, -0.2) is 17.6 Å². The number of carbonyl (C=O) groups is 1. The Labute approximate surface area is 130 Å². The third-order valence-corrected chi connectivity index (χ3v) is 3.82. The number of halogens is 2. The topological polar surface area (TPSA) is 49.3 Å². The maximum Gasteiger partial charge on any atom is 0.261 e. The van der Waals surface area contributed by atoms with Gasteiger partial charge in [-0.2, -0.15) is 0 Å². The summed E-state index contributed by atoms with van der Waals surface area (Å²) in [6.07, 6.45) is 0. The lowest BCUT2D eigenvalue weighted by Gasteiger charge is -2.06. The van der Waals surface area contributed by atoms with Crippen molar-refractivity contribution in [3.8, 4) is 11.8 Å². The summed E-state index contributed by atoms with van der Waals surface area (Å²) in [5.74, 6) is 4.45. The summed E-state index contributed by atoms with van der Waals surface area (Å²) >= 11 is 6.92. The number of carbonyl (C=O) groups excluding carboxylic acids is 1. The summed E-state index contributed by atoms with van der Waals surface area (Å²) in [6, 6.07) is 7.58. The molecule has 3 nitrogen and oxygen atoms in total. The van der Waals surface area contributed by atoms with E-state index in [0.29, 0.717) is 20.3 Å². The van der Waals surface area contributed by atoms with E-state index in [4.69, 9.17) is 16.7 Å². The fourth-order valence-corrected chi connectivity index (χ4v) is 2.59. The summed E-state index contributed by atoms with van der Waals surface area (Å²) < 4.78 is 14.2. The first-order valence-electron chi connectivity index (χ1n) is 6.02. The van der Waals surface area contributed by atoms with E-state index in [2.05, 4.69) is 17.2 Å². The Balaban J connectivity index is 2.07. The van der Waals surface area contributed by atoms with Crippen molar-refractivity contribution in [3.05, 3.63) is 56.5 Å². The van der Waals surface area contributed by atoms with Crippen LogP contribution in [0.25, 0.3) is 0 Å². The maximum atomic E-state index is 13.7. The molecule has 2 aromatic rings. The van der Waals surface area contributed by atoms with Crippen molar-refractivity contribution in [1.82, 2.24) is 5.32 Å². The third-order valence-electron chi connectivity index (χ3n) is 2.59. The number of rotatable bonds is 3. The van der Waals surface area contributed by atoms with Crippen molar-refractivity contribution in [2.75, 3.05) is 6.61 Å². The van der Waals surface area contributed by atoms with Crippen LogP contribution in [0.1, 0.15) is 20.8 Å². The molecule has 2 rings (SSSR count). The molecule has 0 aliphatic heterocycles. The van der Waals surface area contributed by atoms with Gasteiger partial charge in [0.1, 0.15) is 12.4 Å². The zero-order chi connectivity index (χ0) is 15.2. The van der Waals surface area contributed by atoms with Gasteiger partial charge in [-0.1, -0.05) is 23.4 Å². The van der Waals surface area contributed by atoms with E-state index in [1.54, 1.807) is 18.2 Å². The highest BCUT2D eigenvalue weighted by Crippen LogP contribution is 2.21. The first kappa shape index (κ1) is 15.5. The van der Waals surface area contributed by atoms with E-state index in [-0.39, 0.29) is 19.1 Å². The molecule has 0 fully saturated rings. The van der Waals surface area contributed by atoms with Crippen LogP contribution in [0.3, 0.4) is 0 Å². The lowest BCUT2D eigenvalue weighted by Crippen LogP contribution is -2.22. The van der Waals surface area contributed by atoms with Crippen molar-refractivity contribution in [3.63, 3.8) is 0 Å². The van der Waals surface area contributed by atoms with Gasteiger partial charge in [0.05, 0.1) is 9.21 Å². The normalized spacial score (nSPS) is 9.86. The standard InChI is InChI=1S/C15H11ClFNO2S/c16-14-6-5-13(21-14)15(20)18-9-11-8-10(2-1-7-19)3-4-12(11)17/h3-6,8,19H,7,9H2,(H,18,20). The van der Waals surface area contributed by atoms with E-state index in [0.717, 1.165) is 11.3 Å². The van der Waals surface area contributed by atoms with Crippen LogP contribution in [0.4, 0.5) is 4.39 Å². The number of aliphatic hydroxyl groups excluding tert-OH is 1. The lowest BCUT2D eigenvalue weighted by atomic mass is 10.1. The molecule has 2 N–H and O–H groups in total. The number of amides is 1. The predicted molar refractivity (Wildman–Crippen MR) is 80.9 cm³/mol. The minimum Gasteiger partial charge on any atom is -0.384 e. The Hall–Kier alpha value is -1.87. The van der Waals surface area contributed by atoms with Crippen molar-refractivity contribution >= 4 is 28.8 Å². The van der Waals surface area contributed by atoms with Crippen molar-refractivity contribution in [2.24, 2.45) is 0 Å². The number of hydrogen-bond acceptors (Lipinski definition) is 3. The molecule has 21 heavy (non-hydrogen) atoms. The molecule has 1 aromatic heterocycles. The molecule has 1 heterocycles. The quantitative estimate of drug-likeness (QED) is 0.853. The van der Waals surface area contributed by atoms with Gasteiger partial charge in [0.25, 0.3) is 5.91 Å². The van der Waals surface area contributed by atoms with Gasteiger partial charge in [0.15, 0.2) is 0 Å². The van der Waals surface area contributed by atoms with E-state index < -0.39 is 5.82 Å². The Kier molecular flexibility index (Phi) is 5.34. The number of aliphatic hydroxyl groups is 1. The second-order valence-corrected chi connectivity index (χ2v) is 5.77. The average molecular weight is 324 g/mol. The second kappa shape index (κ2) is 7.23. The molecular formula is C15H11ClFNO2S. The second-order valence-electron chi connectivity index (χ2n) is 4.05. The smallest absolute Gasteiger partial charge is 0.261 e. The molecule has 0 radical (unpaired) electrons. The monoisotopic (exact) mass is 323 g/mol. The van der Waals surface area contributed by atoms with Gasteiger partial charge >= 0.3 is 0 Å². The van der Waals surface area contributed by atoms with Crippen molar-refractivity contribution in [2.45, 2.75) is 6.54 Å². The molecule has 0 bridgehead atoms. The summed E-state index contributed by atoms with van der Waals surface area (Å²) in [5.41, 5.74) is 0.907. The molecule has 0 unspecified atom stereocenters. The van der Waals surface area contributed by atoms with Crippen LogP contribution < -0.4 is 5.32 Å². The van der Waals surface area contributed by atoms with E-state index >= 15 is 0 Å². The Bertz CT molecular complexity index is 718. The average Bonchev–Trinajstić information content (AvgIpc) is 2.91. The SMILES string of the molecule is O=C(NCc1cc(C#CCO)ccc1F)c1ccc(Cl)s1. The first-order chi connectivity index (χ1) is 10.1. The predicted octanol–water partition coefficient (Wildman–Crippen LogP) is 2.81. The summed E-state index contributed by atoms with van der Waals surface area (Å²) in [6.45, 7) is -0.211. The minimum absolute atomic E-state index is 0.0504. The van der Waals surface area contributed by atoms with Gasteiger partial charge in [-0.25, -0.2) is 4.39 Å². The molecule has 0 aliphatic carbocycles. The molecule has 1 amide bonds. The van der Waals surface area contributed by atoms with Crippen LogP contribution in [0.2, 0.25) is 4.34 Å². The summed E-state index contributed by atoms with van der Waals surface area (Å²) in [5, 5.41) is 11.3. The van der Waals surface area contributed by atoms with Crippen LogP contribution in [0.5, 0.6) is 0 Å². The molecule has 0 aliphatic rings. The number of hydrogen-bond donors (Lipinski definition) is 2. The Morgan fingerprint density at radius 2 is 2.19 bits per heavy atom. The number of nitrogens with one attached hydrogen (secondary N) is 1. The highest BCUT2D eigenvalue weighted by molar-refractivity contribution is 7.17. The van der Waals surface area contributed by atoms with Crippen LogP contribution in [0, 0.1) is 17.7 Å². The highest BCUT2D eigenvalue weighted by atomic mass is 35.5. The molecule has 1 aromatic carbocycles. The van der Waals surface area contributed by atoms with Gasteiger partial charge in [-0.3, -0.25) is 4.79 Å². The first-order valence-corrected chi connectivity index (χ1v) is 7.21. The van der Waals surface area contributed by atoms with Gasteiger partial charge in [-0.15, -0.1) is 11.3 Å². The Morgan fingerprint density at radius 3 is 2.86 bits per heavy atom. The molecule has 0 saturated carbocycles. The van der Waals surface area contributed by atoms with E-state index in [1.807, 2.05) is 0 Å². The van der Waals surface area contributed by atoms with Gasteiger partial charge in [0, 0.05) is 17.7 Å². The number of thiophene rings is 1. The van der Waals surface area contributed by atoms with E-state index in [1.165, 1.54) is 12.1 Å². The fraction of sp³-hybridized carbons (Fsp3) is 0.133.